The zero-order valence-electron chi connectivity index (χ0n) is 41.8. The van der Waals surface area contributed by atoms with Crippen molar-refractivity contribution in [3.8, 4) is 27.9 Å². The highest BCUT2D eigenvalue weighted by Gasteiger charge is 2.52. The third-order valence-corrected chi connectivity index (χ3v) is 17.3. The van der Waals surface area contributed by atoms with Crippen LogP contribution in [0.3, 0.4) is 0 Å². The fraction of sp³-hybridized carbons (Fsp3) is 0.0833. The molecule has 1 atom stereocenters. The molecule has 0 saturated heterocycles. The van der Waals surface area contributed by atoms with E-state index in [0.29, 0.717) is 0 Å². The van der Waals surface area contributed by atoms with Gasteiger partial charge in [0, 0.05) is 38.7 Å². The van der Waals surface area contributed by atoms with Crippen LogP contribution in [-0.4, -0.2) is 4.57 Å². The third-order valence-electron chi connectivity index (χ3n) is 17.3. The molecule has 1 spiro atoms. The Morgan fingerprint density at radius 2 is 1.01 bits per heavy atom. The Morgan fingerprint density at radius 1 is 0.459 bits per heavy atom. The van der Waals surface area contributed by atoms with Gasteiger partial charge in [-0.1, -0.05) is 239 Å². The van der Waals surface area contributed by atoms with Crippen molar-refractivity contribution in [1.29, 1.82) is 0 Å². The Kier molecular flexibility index (Phi) is 8.95. The largest absolute Gasteiger partial charge is 0.310 e. The molecule has 0 saturated carbocycles. The van der Waals surface area contributed by atoms with E-state index < -0.39 is 10.8 Å². The SMILES string of the molecule is C=C(C1=C(/C=C\C)C(c2ccccc2)(c2ccccc2)c2ccccc21)N(c1ccc2c(c1)C1(c3ccccc3-2)c2ccccc2-n2c3ccccc3c3cccc1c32)c1cccc2c1-c1ccccc1C2(C)C. The number of hydrogen-bond acceptors (Lipinski definition) is 1. The molecule has 3 aliphatic carbocycles. The van der Waals surface area contributed by atoms with Gasteiger partial charge < -0.3 is 9.47 Å². The van der Waals surface area contributed by atoms with Crippen LogP contribution in [0.15, 0.2) is 267 Å². The van der Waals surface area contributed by atoms with E-state index in [1.54, 1.807) is 0 Å². The Bertz CT molecular complexity index is 4220. The first kappa shape index (κ1) is 42.7. The molecule has 2 heteroatoms. The molecule has 0 N–H and O–H groups in total. The summed E-state index contributed by atoms with van der Waals surface area (Å²) in [5.74, 6) is 0. The lowest BCUT2D eigenvalue weighted by Gasteiger charge is -2.40. The number of hydrogen-bond donors (Lipinski definition) is 0. The van der Waals surface area contributed by atoms with Gasteiger partial charge >= 0.3 is 0 Å². The van der Waals surface area contributed by atoms with E-state index in [-0.39, 0.29) is 5.41 Å². The van der Waals surface area contributed by atoms with E-state index in [1.165, 1.54) is 111 Å². The van der Waals surface area contributed by atoms with Gasteiger partial charge in [0.25, 0.3) is 0 Å². The first-order valence-electron chi connectivity index (χ1n) is 26.1. The number of benzene rings is 10. The second-order valence-corrected chi connectivity index (χ2v) is 21.1. The summed E-state index contributed by atoms with van der Waals surface area (Å²) in [6, 6.07) is 88.9. The molecule has 2 heterocycles. The minimum Gasteiger partial charge on any atom is -0.310 e. The fourth-order valence-electron chi connectivity index (χ4n) is 14.5. The van der Waals surface area contributed by atoms with Crippen molar-refractivity contribution in [3.63, 3.8) is 0 Å². The molecule has 74 heavy (non-hydrogen) atoms. The number of rotatable bonds is 7. The van der Waals surface area contributed by atoms with Gasteiger partial charge in [0.2, 0.25) is 0 Å². The van der Waals surface area contributed by atoms with Gasteiger partial charge in [-0.3, -0.25) is 0 Å². The van der Waals surface area contributed by atoms with Gasteiger partial charge in [-0.15, -0.1) is 0 Å². The molecule has 350 valence electrons. The average molecular weight is 945 g/mol. The summed E-state index contributed by atoms with van der Waals surface area (Å²) in [6.45, 7) is 12.3. The molecule has 2 nitrogen and oxygen atoms in total. The minimum atomic E-state index is -0.631. The van der Waals surface area contributed by atoms with Crippen molar-refractivity contribution in [3.05, 3.63) is 322 Å². The van der Waals surface area contributed by atoms with Gasteiger partial charge in [-0.25, -0.2) is 0 Å². The lowest BCUT2D eigenvalue weighted by Crippen LogP contribution is -2.33. The zero-order valence-corrected chi connectivity index (χ0v) is 41.8. The van der Waals surface area contributed by atoms with E-state index in [1.807, 2.05) is 0 Å². The highest BCUT2D eigenvalue weighted by atomic mass is 15.2. The first-order valence-corrected chi connectivity index (χ1v) is 26.1. The van der Waals surface area contributed by atoms with E-state index in [4.69, 9.17) is 6.58 Å². The Morgan fingerprint density at radius 3 is 1.76 bits per heavy atom. The van der Waals surface area contributed by atoms with Crippen LogP contribution in [0.1, 0.15) is 76.4 Å². The highest BCUT2D eigenvalue weighted by molar-refractivity contribution is 6.13. The van der Waals surface area contributed by atoms with Crippen LogP contribution in [0.4, 0.5) is 11.4 Å². The van der Waals surface area contributed by atoms with Crippen LogP contribution in [0, 0.1) is 0 Å². The second-order valence-electron chi connectivity index (χ2n) is 21.1. The molecule has 0 bridgehead atoms. The number of fused-ring (bicyclic) bond motifs is 16. The topological polar surface area (TPSA) is 8.17 Å². The van der Waals surface area contributed by atoms with Gasteiger partial charge in [0.15, 0.2) is 0 Å². The van der Waals surface area contributed by atoms with Gasteiger partial charge in [-0.05, 0) is 115 Å². The van der Waals surface area contributed by atoms with E-state index >= 15 is 0 Å². The molecule has 0 fully saturated rings. The number of para-hydroxylation sites is 3. The molecule has 4 aliphatic rings. The Labute approximate surface area is 433 Å². The molecule has 10 aromatic carbocycles. The van der Waals surface area contributed by atoms with Crippen molar-refractivity contribution < 1.29 is 0 Å². The quantitative estimate of drug-likeness (QED) is 0.155. The van der Waals surface area contributed by atoms with Crippen molar-refractivity contribution in [2.45, 2.75) is 37.0 Å². The second kappa shape index (κ2) is 15.5. The molecule has 1 aliphatic heterocycles. The molecule has 15 rings (SSSR count). The third kappa shape index (κ3) is 5.29. The lowest BCUT2D eigenvalue weighted by molar-refractivity contribution is 0.660. The van der Waals surface area contributed by atoms with Crippen LogP contribution in [0.2, 0.25) is 0 Å². The number of nitrogens with zero attached hydrogens (tertiary/aromatic N) is 2. The molecule has 1 unspecified atom stereocenters. The van der Waals surface area contributed by atoms with E-state index in [0.717, 1.165) is 22.6 Å². The Balaban J connectivity index is 1.06. The van der Waals surface area contributed by atoms with Gasteiger partial charge in [0.1, 0.15) is 0 Å². The highest BCUT2D eigenvalue weighted by Crippen LogP contribution is 2.64. The maximum Gasteiger partial charge on any atom is 0.0755 e. The van der Waals surface area contributed by atoms with E-state index in [9.17, 15) is 0 Å². The minimum absolute atomic E-state index is 0.216. The summed E-state index contributed by atoms with van der Waals surface area (Å²) >= 11 is 0. The predicted molar refractivity (Wildman–Crippen MR) is 308 cm³/mol. The van der Waals surface area contributed by atoms with Crippen LogP contribution >= 0.6 is 0 Å². The Hall–Kier alpha value is -8.98. The number of allylic oxidation sites excluding steroid dienone is 4. The number of anilines is 2. The standard InChI is InChI=1S/C72H52N2/c1-5-24-61-67(55-32-14-18-36-58(55)71(61,47-25-8-6-9-26-47)48-27-10-7-11-28-48)46(2)73(66-42-23-38-60-68(66)54-31-13-16-34-56(54)70(60,3)4)49-43-44-51-50-29-12-17-35-57(50)72(63(51)45-49)59-37-19-21-41-65(59)74-64-40-20-15-30-52(64)53-33-22-39-62(72)69(53)74/h5-45H,2H2,1,3-4H3/b24-5-. The summed E-state index contributed by atoms with van der Waals surface area (Å²) in [6.07, 6.45) is 4.58. The monoisotopic (exact) mass is 944 g/mol. The maximum absolute atomic E-state index is 5.38. The molecular formula is C72H52N2. The molecule has 0 amide bonds. The normalized spacial score (nSPS) is 16.8. The van der Waals surface area contributed by atoms with Crippen molar-refractivity contribution >= 4 is 38.8 Å². The van der Waals surface area contributed by atoms with Crippen molar-refractivity contribution in [2.75, 3.05) is 4.90 Å². The smallest absolute Gasteiger partial charge is 0.0755 e. The predicted octanol–water partition coefficient (Wildman–Crippen LogP) is 17.8. The van der Waals surface area contributed by atoms with E-state index in [2.05, 4.69) is 279 Å². The molecule has 11 aromatic rings. The molecule has 0 radical (unpaired) electrons. The van der Waals surface area contributed by atoms with Crippen LogP contribution in [0.25, 0.3) is 55.3 Å². The molecule has 1 aromatic heterocycles. The summed E-state index contributed by atoms with van der Waals surface area (Å²) in [4.78, 5) is 2.53. The summed E-state index contributed by atoms with van der Waals surface area (Å²) in [5, 5.41) is 2.54. The maximum atomic E-state index is 5.38. The van der Waals surface area contributed by atoms with Crippen molar-refractivity contribution in [1.82, 2.24) is 4.57 Å². The zero-order chi connectivity index (χ0) is 49.5. The summed E-state index contributed by atoms with van der Waals surface area (Å²) in [7, 11) is 0. The molecular weight excluding hydrogens is 893 g/mol. The van der Waals surface area contributed by atoms with Gasteiger partial charge in [0.05, 0.1) is 33.2 Å². The van der Waals surface area contributed by atoms with Crippen LogP contribution < -0.4 is 4.90 Å². The fourth-order valence-corrected chi connectivity index (χ4v) is 14.5. The van der Waals surface area contributed by atoms with Crippen LogP contribution in [0.5, 0.6) is 0 Å². The average Bonchev–Trinajstić information content (AvgIpc) is 4.12. The van der Waals surface area contributed by atoms with Gasteiger partial charge in [-0.2, -0.15) is 0 Å². The number of aromatic nitrogens is 1. The lowest BCUT2D eigenvalue weighted by atomic mass is 9.65. The summed E-state index contributed by atoms with van der Waals surface area (Å²) in [5.41, 5.74) is 25.4. The van der Waals surface area contributed by atoms with Crippen molar-refractivity contribution in [2.24, 2.45) is 0 Å². The summed E-state index contributed by atoms with van der Waals surface area (Å²) < 4.78 is 2.53. The van der Waals surface area contributed by atoms with Crippen LogP contribution in [-0.2, 0) is 16.2 Å². The first-order chi connectivity index (χ1) is 36.4.